The first-order valence-corrected chi connectivity index (χ1v) is 7.23. The number of nitrogens with one attached hydrogen (secondary N) is 1. The summed E-state index contributed by atoms with van der Waals surface area (Å²) in [7, 11) is 1.69. The minimum absolute atomic E-state index is 0.139. The fourth-order valence-electron chi connectivity index (χ4n) is 2.25. The van der Waals surface area contributed by atoms with Gasteiger partial charge in [0.15, 0.2) is 0 Å². The van der Waals surface area contributed by atoms with Gasteiger partial charge in [0, 0.05) is 50.7 Å². The Balaban J connectivity index is 1.88. The predicted octanol–water partition coefficient (Wildman–Crippen LogP) is 0.564. The van der Waals surface area contributed by atoms with E-state index in [0.717, 1.165) is 24.6 Å². The summed E-state index contributed by atoms with van der Waals surface area (Å²) in [5.74, 6) is 0.726. The Morgan fingerprint density at radius 3 is 2.70 bits per heavy atom. The molecule has 1 aliphatic rings. The fraction of sp³-hybridized carbons (Fsp3) is 0.714. The van der Waals surface area contributed by atoms with Crippen molar-refractivity contribution in [2.24, 2.45) is 0 Å². The van der Waals surface area contributed by atoms with Gasteiger partial charge in [-0.3, -0.25) is 0 Å². The molecule has 0 amide bonds. The Hall–Kier alpha value is -1.24. The molecule has 2 N–H and O–H groups in total. The molecular weight excluding hydrogens is 256 g/mol. The van der Waals surface area contributed by atoms with Gasteiger partial charge >= 0.3 is 0 Å². The van der Waals surface area contributed by atoms with E-state index in [1.807, 2.05) is 12.4 Å². The van der Waals surface area contributed by atoms with Crippen molar-refractivity contribution in [2.75, 3.05) is 38.3 Å². The zero-order valence-electron chi connectivity index (χ0n) is 12.1. The third kappa shape index (κ3) is 4.13. The summed E-state index contributed by atoms with van der Waals surface area (Å²) in [6, 6.07) is 0.493. The van der Waals surface area contributed by atoms with Gasteiger partial charge in [0.05, 0.1) is 13.2 Å². The van der Waals surface area contributed by atoms with Crippen LogP contribution >= 0.6 is 0 Å². The molecule has 0 unspecified atom stereocenters. The summed E-state index contributed by atoms with van der Waals surface area (Å²) in [4.78, 5) is 11.0. The van der Waals surface area contributed by atoms with E-state index in [2.05, 4.69) is 20.2 Å². The molecule has 20 heavy (non-hydrogen) atoms. The standard InChI is InChI=1S/C14H24N4O2/c1-20-8-5-15-9-12-10-16-14(17-11-12)18(6-7-19)13-3-2-4-13/h10-11,13,15,19H,2-9H2,1H3. The smallest absolute Gasteiger partial charge is 0.225 e. The monoisotopic (exact) mass is 280 g/mol. The van der Waals surface area contributed by atoms with Gasteiger partial charge in [-0.25, -0.2) is 9.97 Å². The second-order valence-corrected chi connectivity index (χ2v) is 5.06. The molecule has 0 aliphatic heterocycles. The van der Waals surface area contributed by atoms with Gasteiger partial charge in [0.25, 0.3) is 0 Å². The van der Waals surface area contributed by atoms with Gasteiger partial charge < -0.3 is 20.1 Å². The van der Waals surface area contributed by atoms with Gasteiger partial charge in [-0.1, -0.05) is 0 Å². The minimum Gasteiger partial charge on any atom is -0.395 e. The number of rotatable bonds is 9. The van der Waals surface area contributed by atoms with E-state index in [1.54, 1.807) is 7.11 Å². The Morgan fingerprint density at radius 2 is 2.15 bits per heavy atom. The van der Waals surface area contributed by atoms with E-state index in [4.69, 9.17) is 9.84 Å². The number of hydrogen-bond acceptors (Lipinski definition) is 6. The molecule has 0 aromatic carbocycles. The van der Waals surface area contributed by atoms with Crippen molar-refractivity contribution < 1.29 is 9.84 Å². The van der Waals surface area contributed by atoms with Crippen LogP contribution in [0, 0.1) is 0 Å². The molecule has 2 rings (SSSR count). The lowest BCUT2D eigenvalue weighted by atomic mass is 9.92. The maximum absolute atomic E-state index is 9.17. The van der Waals surface area contributed by atoms with E-state index in [9.17, 15) is 0 Å². The van der Waals surface area contributed by atoms with Crippen LogP contribution in [0.4, 0.5) is 5.95 Å². The molecule has 112 valence electrons. The van der Waals surface area contributed by atoms with Crippen LogP contribution in [0.1, 0.15) is 24.8 Å². The summed E-state index contributed by atoms with van der Waals surface area (Å²) in [5.41, 5.74) is 1.06. The van der Waals surface area contributed by atoms with Crippen LogP contribution in [0.2, 0.25) is 0 Å². The third-order valence-electron chi connectivity index (χ3n) is 3.62. The molecule has 1 saturated carbocycles. The average molecular weight is 280 g/mol. The van der Waals surface area contributed by atoms with Crippen molar-refractivity contribution in [1.82, 2.24) is 15.3 Å². The molecule has 1 fully saturated rings. The first-order valence-electron chi connectivity index (χ1n) is 7.23. The predicted molar refractivity (Wildman–Crippen MR) is 77.7 cm³/mol. The van der Waals surface area contributed by atoms with Crippen LogP contribution in [-0.4, -0.2) is 54.5 Å². The molecule has 1 aliphatic carbocycles. The van der Waals surface area contributed by atoms with E-state index in [1.165, 1.54) is 19.3 Å². The van der Waals surface area contributed by atoms with Gasteiger partial charge in [-0.05, 0) is 19.3 Å². The summed E-state index contributed by atoms with van der Waals surface area (Å²) in [6.45, 7) is 3.01. The molecule has 0 atom stereocenters. The molecule has 1 aromatic rings. The zero-order valence-corrected chi connectivity index (χ0v) is 12.1. The SMILES string of the molecule is COCCNCc1cnc(N(CCO)C2CCC2)nc1. The van der Waals surface area contributed by atoms with E-state index in [0.29, 0.717) is 19.2 Å². The summed E-state index contributed by atoms with van der Waals surface area (Å²) >= 11 is 0. The van der Waals surface area contributed by atoms with Gasteiger partial charge in [0.1, 0.15) is 0 Å². The average Bonchev–Trinajstić information content (AvgIpc) is 2.42. The van der Waals surface area contributed by atoms with Crippen molar-refractivity contribution in [3.05, 3.63) is 18.0 Å². The van der Waals surface area contributed by atoms with Crippen molar-refractivity contribution in [1.29, 1.82) is 0 Å². The van der Waals surface area contributed by atoms with Crippen LogP contribution in [0.3, 0.4) is 0 Å². The highest BCUT2D eigenvalue weighted by atomic mass is 16.5. The van der Waals surface area contributed by atoms with Gasteiger partial charge in [-0.2, -0.15) is 0 Å². The maximum Gasteiger partial charge on any atom is 0.225 e. The highest BCUT2D eigenvalue weighted by Crippen LogP contribution is 2.27. The molecule has 0 bridgehead atoms. The molecule has 0 radical (unpaired) electrons. The fourth-order valence-corrected chi connectivity index (χ4v) is 2.25. The van der Waals surface area contributed by atoms with Crippen LogP contribution < -0.4 is 10.2 Å². The number of aliphatic hydroxyl groups is 1. The van der Waals surface area contributed by atoms with Crippen molar-refractivity contribution in [3.63, 3.8) is 0 Å². The number of methoxy groups -OCH3 is 1. The molecule has 6 heteroatoms. The topological polar surface area (TPSA) is 70.5 Å². The lowest BCUT2D eigenvalue weighted by molar-refractivity contribution is 0.199. The Kier molecular flexibility index (Phi) is 6.17. The molecule has 1 aromatic heterocycles. The Labute approximate surface area is 120 Å². The van der Waals surface area contributed by atoms with Gasteiger partial charge in [-0.15, -0.1) is 0 Å². The van der Waals surface area contributed by atoms with Crippen LogP contribution in [0.5, 0.6) is 0 Å². The Bertz CT molecular complexity index is 381. The van der Waals surface area contributed by atoms with Crippen LogP contribution in [0.15, 0.2) is 12.4 Å². The van der Waals surface area contributed by atoms with E-state index in [-0.39, 0.29) is 6.61 Å². The van der Waals surface area contributed by atoms with E-state index >= 15 is 0 Å². The third-order valence-corrected chi connectivity index (χ3v) is 3.62. The summed E-state index contributed by atoms with van der Waals surface area (Å²) in [5, 5.41) is 12.4. The first-order chi connectivity index (χ1) is 9.85. The number of aliphatic hydroxyl groups excluding tert-OH is 1. The number of nitrogens with zero attached hydrogens (tertiary/aromatic N) is 3. The number of anilines is 1. The van der Waals surface area contributed by atoms with Crippen LogP contribution in [-0.2, 0) is 11.3 Å². The maximum atomic E-state index is 9.17. The highest BCUT2D eigenvalue weighted by molar-refractivity contribution is 5.32. The summed E-state index contributed by atoms with van der Waals surface area (Å²) in [6.07, 6.45) is 7.30. The lowest BCUT2D eigenvalue weighted by Crippen LogP contribution is -2.42. The molecule has 0 spiro atoms. The molecule has 0 saturated heterocycles. The highest BCUT2D eigenvalue weighted by Gasteiger charge is 2.26. The largest absolute Gasteiger partial charge is 0.395 e. The molecule has 1 heterocycles. The number of aromatic nitrogens is 2. The second-order valence-electron chi connectivity index (χ2n) is 5.06. The lowest BCUT2D eigenvalue weighted by Gasteiger charge is -2.37. The van der Waals surface area contributed by atoms with Crippen molar-refractivity contribution in [3.8, 4) is 0 Å². The second kappa shape index (κ2) is 8.14. The molecule has 6 nitrogen and oxygen atoms in total. The summed E-state index contributed by atoms with van der Waals surface area (Å²) < 4.78 is 4.98. The van der Waals surface area contributed by atoms with Gasteiger partial charge in [0.2, 0.25) is 5.95 Å². The normalized spacial score (nSPS) is 15.1. The van der Waals surface area contributed by atoms with Crippen LogP contribution in [0.25, 0.3) is 0 Å². The molecular formula is C14H24N4O2. The Morgan fingerprint density at radius 1 is 1.40 bits per heavy atom. The number of ether oxygens (including phenoxy) is 1. The quantitative estimate of drug-likeness (QED) is 0.644. The number of hydrogen-bond donors (Lipinski definition) is 2. The zero-order chi connectivity index (χ0) is 14.2. The first kappa shape index (κ1) is 15.2. The van der Waals surface area contributed by atoms with Crippen molar-refractivity contribution >= 4 is 5.95 Å². The van der Waals surface area contributed by atoms with Crippen molar-refractivity contribution in [2.45, 2.75) is 31.8 Å². The minimum atomic E-state index is 0.139. The van der Waals surface area contributed by atoms with E-state index < -0.39 is 0 Å².